The molecular weight excluding hydrogens is 168 g/mol. The highest BCUT2D eigenvalue weighted by molar-refractivity contribution is 6.16. The number of nitrogens with one attached hydrogen (secondary N) is 1. The molecule has 2 heterocycles. The van der Waals surface area contributed by atoms with Crippen LogP contribution in [0.4, 0.5) is 11.4 Å². The van der Waals surface area contributed by atoms with Crippen LogP contribution in [0, 0.1) is 0 Å². The zero-order valence-corrected chi connectivity index (χ0v) is 6.48. The third-order valence-electron chi connectivity index (χ3n) is 2.03. The number of hydrogen-bond donors (Lipinski definition) is 1. The van der Waals surface area contributed by atoms with E-state index in [1.54, 1.807) is 12.1 Å². The summed E-state index contributed by atoms with van der Waals surface area (Å²) in [5.74, 6) is -0.120. The van der Waals surface area contributed by atoms with Gasteiger partial charge < -0.3 is 5.32 Å². The van der Waals surface area contributed by atoms with Gasteiger partial charge in [-0.05, 0) is 17.4 Å². The number of benzene rings is 1. The van der Waals surface area contributed by atoms with E-state index in [0.717, 1.165) is 10.9 Å². The maximum absolute atomic E-state index is 11.0. The number of carbonyl (C=O) groups excluding carboxylic acids is 1. The van der Waals surface area contributed by atoms with E-state index in [2.05, 4.69) is 20.8 Å². The van der Waals surface area contributed by atoms with Crippen LogP contribution in [0.15, 0.2) is 27.6 Å². The van der Waals surface area contributed by atoms with Crippen molar-refractivity contribution in [2.24, 2.45) is 15.4 Å². The Morgan fingerprint density at radius 2 is 2.23 bits per heavy atom. The van der Waals surface area contributed by atoms with Crippen LogP contribution in [0.25, 0.3) is 6.08 Å². The zero-order chi connectivity index (χ0) is 8.84. The van der Waals surface area contributed by atoms with Gasteiger partial charge in [-0.15, -0.1) is 10.2 Å². The van der Waals surface area contributed by atoms with Crippen LogP contribution in [0.5, 0.6) is 0 Å². The van der Waals surface area contributed by atoms with Crippen LogP contribution in [-0.4, -0.2) is 5.91 Å². The van der Waals surface area contributed by atoms with Crippen LogP contribution >= 0.6 is 0 Å². The van der Waals surface area contributed by atoms with Crippen molar-refractivity contribution in [1.29, 1.82) is 0 Å². The first-order valence-corrected chi connectivity index (χ1v) is 3.79. The first kappa shape index (κ1) is 6.47. The maximum atomic E-state index is 11.0. The summed E-state index contributed by atoms with van der Waals surface area (Å²) in [6, 6.07) is 3.59. The van der Waals surface area contributed by atoms with Gasteiger partial charge in [0.2, 0.25) is 5.91 Å². The average molecular weight is 172 g/mol. The van der Waals surface area contributed by atoms with Crippen LogP contribution in [-0.2, 0) is 4.79 Å². The van der Waals surface area contributed by atoms with Crippen LogP contribution in [0.1, 0.15) is 0 Å². The summed E-state index contributed by atoms with van der Waals surface area (Å²) in [7, 11) is 0. The van der Waals surface area contributed by atoms with Crippen molar-refractivity contribution in [3.05, 3.63) is 22.7 Å². The fourth-order valence-electron chi connectivity index (χ4n) is 1.45. The van der Waals surface area contributed by atoms with E-state index in [1.807, 2.05) is 0 Å². The Morgan fingerprint density at radius 3 is 3.15 bits per heavy atom. The van der Waals surface area contributed by atoms with Gasteiger partial charge >= 0.3 is 0 Å². The maximum Gasteiger partial charge on any atom is 0.249 e. The molecule has 1 N–H and O–H groups in total. The lowest BCUT2D eigenvalue weighted by Gasteiger charge is -1.94. The van der Waals surface area contributed by atoms with Gasteiger partial charge in [0.05, 0.1) is 5.69 Å². The molecule has 0 aromatic heterocycles. The molecular formula is C8H4N4O. The highest BCUT2D eigenvalue weighted by Crippen LogP contribution is 2.12. The lowest BCUT2D eigenvalue weighted by molar-refractivity contribution is -0.110. The molecule has 5 nitrogen and oxygen atoms in total. The summed E-state index contributed by atoms with van der Waals surface area (Å²) in [4.78, 5) is 11.0. The minimum absolute atomic E-state index is 0.120. The highest BCUT2D eigenvalue weighted by Gasteiger charge is 2.14. The second kappa shape index (κ2) is 2.01. The smallest absolute Gasteiger partial charge is 0.249 e. The number of carbonyl (C=O) groups is 1. The molecule has 0 aliphatic carbocycles. The van der Waals surface area contributed by atoms with E-state index >= 15 is 0 Å². The summed E-state index contributed by atoms with van der Waals surface area (Å²) < 4.78 is 0. The van der Waals surface area contributed by atoms with Crippen molar-refractivity contribution in [3.63, 3.8) is 0 Å². The number of rotatable bonds is 0. The molecule has 0 saturated carbocycles. The number of amides is 1. The Kier molecular flexibility index (Phi) is 0.999. The SMILES string of the molecule is O=C1C=c2c(ccc3c2=NN=N3)N1. The summed E-state index contributed by atoms with van der Waals surface area (Å²) >= 11 is 0. The fourth-order valence-corrected chi connectivity index (χ4v) is 1.45. The average Bonchev–Trinajstić information content (AvgIpc) is 2.65. The molecule has 2 aliphatic rings. The molecule has 0 radical (unpaired) electrons. The molecule has 0 fully saturated rings. The van der Waals surface area contributed by atoms with E-state index in [-0.39, 0.29) is 5.91 Å². The summed E-state index contributed by atoms with van der Waals surface area (Å²) in [6.07, 6.45) is 1.51. The summed E-state index contributed by atoms with van der Waals surface area (Å²) in [5.41, 5.74) is 1.49. The number of fused-ring (bicyclic) bond motifs is 3. The van der Waals surface area contributed by atoms with Crippen molar-refractivity contribution < 1.29 is 4.79 Å². The third kappa shape index (κ3) is 0.752. The molecule has 1 amide bonds. The number of anilines is 1. The lowest BCUT2D eigenvalue weighted by Crippen LogP contribution is -2.22. The summed E-state index contributed by atoms with van der Waals surface area (Å²) in [5, 5.41) is 15.3. The second-order valence-electron chi connectivity index (χ2n) is 2.82. The molecule has 62 valence electrons. The normalized spacial score (nSPS) is 15.8. The Balaban J connectivity index is 2.51. The van der Waals surface area contributed by atoms with Crippen LogP contribution in [0.2, 0.25) is 0 Å². The van der Waals surface area contributed by atoms with Crippen molar-refractivity contribution >= 4 is 23.4 Å². The van der Waals surface area contributed by atoms with Gasteiger partial charge in [0.25, 0.3) is 0 Å². The van der Waals surface area contributed by atoms with Gasteiger partial charge in [0, 0.05) is 11.3 Å². The standard InChI is InChI=1S/C8H4N4O/c13-7-3-4-5(9-7)1-2-6-8(4)11-12-10-6/h1-3H,(H,9,13). The molecule has 1 aromatic carbocycles. The zero-order valence-electron chi connectivity index (χ0n) is 6.48. The van der Waals surface area contributed by atoms with Gasteiger partial charge in [-0.3, -0.25) is 4.79 Å². The van der Waals surface area contributed by atoms with Crippen LogP contribution < -0.4 is 15.9 Å². The van der Waals surface area contributed by atoms with E-state index in [0.29, 0.717) is 11.0 Å². The van der Waals surface area contributed by atoms with Crippen molar-refractivity contribution in [2.75, 3.05) is 5.32 Å². The minimum atomic E-state index is -0.120. The first-order valence-electron chi connectivity index (χ1n) is 3.79. The molecule has 1 aromatic rings. The molecule has 0 atom stereocenters. The van der Waals surface area contributed by atoms with Gasteiger partial charge in [-0.2, -0.15) is 0 Å². The quantitative estimate of drug-likeness (QED) is 0.590. The van der Waals surface area contributed by atoms with Gasteiger partial charge in [-0.25, -0.2) is 0 Å². The van der Waals surface area contributed by atoms with Crippen molar-refractivity contribution in [2.45, 2.75) is 0 Å². The Bertz CT molecular complexity index is 558. The molecule has 0 spiro atoms. The Hall–Kier alpha value is -2.04. The predicted molar refractivity (Wildman–Crippen MR) is 44.8 cm³/mol. The largest absolute Gasteiger partial charge is 0.322 e. The van der Waals surface area contributed by atoms with Gasteiger partial charge in [0.15, 0.2) is 0 Å². The molecule has 3 rings (SSSR count). The van der Waals surface area contributed by atoms with E-state index in [4.69, 9.17) is 0 Å². The number of nitrogens with zero attached hydrogens (tertiary/aromatic N) is 3. The van der Waals surface area contributed by atoms with Crippen LogP contribution in [0.3, 0.4) is 0 Å². The monoisotopic (exact) mass is 172 g/mol. The fraction of sp³-hybridized carbons (Fsp3) is 0. The predicted octanol–water partition coefficient (Wildman–Crippen LogP) is 0.0511. The van der Waals surface area contributed by atoms with E-state index in [9.17, 15) is 4.79 Å². The van der Waals surface area contributed by atoms with Gasteiger partial charge in [-0.1, -0.05) is 0 Å². The Labute approximate surface area is 72.5 Å². The Morgan fingerprint density at radius 1 is 1.31 bits per heavy atom. The molecule has 13 heavy (non-hydrogen) atoms. The van der Waals surface area contributed by atoms with Crippen molar-refractivity contribution in [1.82, 2.24) is 0 Å². The lowest BCUT2D eigenvalue weighted by atomic mass is 10.2. The van der Waals surface area contributed by atoms with E-state index in [1.165, 1.54) is 6.08 Å². The third-order valence-corrected chi connectivity index (χ3v) is 2.03. The molecule has 5 heteroatoms. The van der Waals surface area contributed by atoms with E-state index < -0.39 is 0 Å². The second-order valence-corrected chi connectivity index (χ2v) is 2.82. The molecule has 0 unspecified atom stereocenters. The summed E-state index contributed by atoms with van der Waals surface area (Å²) in [6.45, 7) is 0. The highest BCUT2D eigenvalue weighted by atomic mass is 16.1. The molecule has 0 saturated heterocycles. The number of hydrogen-bond acceptors (Lipinski definition) is 4. The minimum Gasteiger partial charge on any atom is -0.322 e. The van der Waals surface area contributed by atoms with Crippen molar-refractivity contribution in [3.8, 4) is 0 Å². The topological polar surface area (TPSA) is 66.2 Å². The first-order chi connectivity index (χ1) is 6.34. The molecule has 0 bridgehead atoms. The van der Waals surface area contributed by atoms with Gasteiger partial charge in [0.1, 0.15) is 11.0 Å². The molecule has 2 aliphatic heterocycles.